The maximum absolute atomic E-state index is 12.9. The van der Waals surface area contributed by atoms with E-state index in [0.717, 1.165) is 5.56 Å². The summed E-state index contributed by atoms with van der Waals surface area (Å²) in [6.45, 7) is 2.13. The Labute approximate surface area is 191 Å². The molecule has 0 bridgehead atoms. The summed E-state index contributed by atoms with van der Waals surface area (Å²) in [6, 6.07) is 17.1. The second kappa shape index (κ2) is 9.36. The highest BCUT2D eigenvalue weighted by Gasteiger charge is 2.33. The zero-order chi connectivity index (χ0) is 22.6. The third-order valence-electron chi connectivity index (χ3n) is 5.89. The van der Waals surface area contributed by atoms with Crippen molar-refractivity contribution in [3.05, 3.63) is 66.7 Å². The van der Waals surface area contributed by atoms with Gasteiger partial charge in [-0.05, 0) is 12.1 Å². The molecule has 1 saturated heterocycles. The van der Waals surface area contributed by atoms with Gasteiger partial charge in [0.1, 0.15) is 6.61 Å². The highest BCUT2D eigenvalue weighted by Crippen LogP contribution is 2.31. The van der Waals surface area contributed by atoms with Gasteiger partial charge >= 0.3 is 0 Å². The van der Waals surface area contributed by atoms with Crippen LogP contribution in [0.15, 0.2) is 65.2 Å². The quantitative estimate of drug-likeness (QED) is 0.598. The van der Waals surface area contributed by atoms with Crippen molar-refractivity contribution in [2.45, 2.75) is 18.9 Å². The topological polar surface area (TPSA) is 85.1 Å². The first-order valence-corrected chi connectivity index (χ1v) is 11.1. The molecule has 3 aromatic rings. The van der Waals surface area contributed by atoms with E-state index in [0.29, 0.717) is 62.2 Å². The van der Waals surface area contributed by atoms with Gasteiger partial charge in [-0.15, -0.1) is 0 Å². The number of ether oxygens (including phenoxy) is 2. The molecule has 5 rings (SSSR count). The van der Waals surface area contributed by atoms with Gasteiger partial charge < -0.3 is 23.7 Å². The Kier molecular flexibility index (Phi) is 5.97. The van der Waals surface area contributed by atoms with Crippen LogP contribution in [0.25, 0.3) is 11.3 Å². The number of carbonyl (C=O) groups excluding carboxylic acids is 2. The Balaban J connectivity index is 1.09. The summed E-state index contributed by atoms with van der Waals surface area (Å²) in [7, 11) is 0. The van der Waals surface area contributed by atoms with E-state index in [2.05, 4.69) is 4.98 Å². The van der Waals surface area contributed by atoms with Crippen molar-refractivity contribution in [1.82, 2.24) is 14.8 Å². The number of oxazole rings is 1. The summed E-state index contributed by atoms with van der Waals surface area (Å²) >= 11 is 0. The van der Waals surface area contributed by atoms with Crippen molar-refractivity contribution < 1.29 is 23.5 Å². The molecule has 3 heterocycles. The Morgan fingerprint density at radius 3 is 2.39 bits per heavy atom. The van der Waals surface area contributed by atoms with E-state index in [9.17, 15) is 9.59 Å². The molecule has 1 fully saturated rings. The fourth-order valence-electron chi connectivity index (χ4n) is 4.05. The highest BCUT2D eigenvalue weighted by atomic mass is 16.6. The van der Waals surface area contributed by atoms with E-state index in [4.69, 9.17) is 13.9 Å². The zero-order valence-corrected chi connectivity index (χ0v) is 18.2. The van der Waals surface area contributed by atoms with Gasteiger partial charge in [0.2, 0.25) is 12.0 Å². The smallest absolute Gasteiger partial charge is 0.267 e. The van der Waals surface area contributed by atoms with Gasteiger partial charge in [-0.1, -0.05) is 42.5 Å². The Hall–Kier alpha value is -3.81. The van der Waals surface area contributed by atoms with Gasteiger partial charge in [0.05, 0.1) is 6.20 Å². The highest BCUT2D eigenvalue weighted by molar-refractivity contribution is 5.82. The minimum absolute atomic E-state index is 0.0349. The van der Waals surface area contributed by atoms with E-state index in [1.165, 1.54) is 0 Å². The molecule has 1 atom stereocenters. The summed E-state index contributed by atoms with van der Waals surface area (Å²) in [6.07, 6.45) is 1.79. The van der Waals surface area contributed by atoms with E-state index in [1.54, 1.807) is 22.1 Å². The monoisotopic (exact) mass is 447 g/mol. The summed E-state index contributed by atoms with van der Waals surface area (Å²) in [4.78, 5) is 33.4. The number of nitrogens with zero attached hydrogens (tertiary/aromatic N) is 3. The van der Waals surface area contributed by atoms with Crippen LogP contribution in [-0.2, 0) is 16.0 Å². The van der Waals surface area contributed by atoms with Gasteiger partial charge in [0.15, 0.2) is 23.1 Å². The Morgan fingerprint density at radius 1 is 0.909 bits per heavy atom. The first kappa shape index (κ1) is 21.1. The van der Waals surface area contributed by atoms with Crippen LogP contribution in [0.5, 0.6) is 11.5 Å². The van der Waals surface area contributed by atoms with Crippen molar-refractivity contribution in [1.29, 1.82) is 0 Å². The first-order valence-electron chi connectivity index (χ1n) is 11.1. The van der Waals surface area contributed by atoms with Crippen LogP contribution in [0.1, 0.15) is 12.3 Å². The SMILES string of the molecule is O=C(CCc1ncc(-c2ccccc2)o1)N1CCN(C(=O)C2COc3ccccc3O2)CC1. The van der Waals surface area contributed by atoms with Crippen LogP contribution >= 0.6 is 0 Å². The minimum Gasteiger partial charge on any atom is -0.485 e. The van der Waals surface area contributed by atoms with Gasteiger partial charge in [-0.2, -0.15) is 0 Å². The lowest BCUT2D eigenvalue weighted by molar-refractivity contribution is -0.146. The number of aromatic nitrogens is 1. The number of rotatable bonds is 5. The predicted molar refractivity (Wildman–Crippen MR) is 120 cm³/mol. The van der Waals surface area contributed by atoms with Crippen LogP contribution in [0.4, 0.5) is 0 Å². The van der Waals surface area contributed by atoms with Crippen LogP contribution in [0, 0.1) is 0 Å². The maximum Gasteiger partial charge on any atom is 0.267 e. The van der Waals surface area contributed by atoms with Crippen molar-refractivity contribution >= 4 is 11.8 Å². The summed E-state index contributed by atoms with van der Waals surface area (Å²) in [5, 5.41) is 0. The number of amides is 2. The molecule has 8 nitrogen and oxygen atoms in total. The first-order chi connectivity index (χ1) is 16.2. The summed E-state index contributed by atoms with van der Waals surface area (Å²) in [5.41, 5.74) is 0.958. The minimum atomic E-state index is -0.661. The lowest BCUT2D eigenvalue weighted by atomic mass is 10.2. The normalized spacial score (nSPS) is 17.6. The van der Waals surface area contributed by atoms with Gasteiger partial charge in [0, 0.05) is 44.6 Å². The van der Waals surface area contributed by atoms with Crippen LogP contribution < -0.4 is 9.47 Å². The summed E-state index contributed by atoms with van der Waals surface area (Å²) in [5.74, 6) is 2.40. The van der Waals surface area contributed by atoms with Gasteiger partial charge in [0.25, 0.3) is 5.91 Å². The molecule has 1 unspecified atom stereocenters. The van der Waals surface area contributed by atoms with Crippen LogP contribution in [0.3, 0.4) is 0 Å². The molecule has 0 N–H and O–H groups in total. The van der Waals surface area contributed by atoms with Crippen molar-refractivity contribution in [3.63, 3.8) is 0 Å². The second-order valence-corrected chi connectivity index (χ2v) is 8.05. The second-order valence-electron chi connectivity index (χ2n) is 8.05. The molecule has 2 amide bonds. The average molecular weight is 447 g/mol. The molecule has 0 radical (unpaired) electrons. The maximum atomic E-state index is 12.9. The Morgan fingerprint density at radius 2 is 1.61 bits per heavy atom. The lowest BCUT2D eigenvalue weighted by Gasteiger charge is -2.37. The average Bonchev–Trinajstić information content (AvgIpc) is 3.36. The van der Waals surface area contributed by atoms with E-state index < -0.39 is 6.10 Å². The molecule has 170 valence electrons. The fourth-order valence-corrected chi connectivity index (χ4v) is 4.05. The number of benzene rings is 2. The molecule has 8 heteroatoms. The van der Waals surface area contributed by atoms with Crippen molar-refractivity contribution in [2.24, 2.45) is 0 Å². The third kappa shape index (κ3) is 4.69. The van der Waals surface area contributed by atoms with Crippen LogP contribution in [-0.4, -0.2) is 65.5 Å². The predicted octanol–water partition coefficient (Wildman–Crippen LogP) is 2.79. The van der Waals surface area contributed by atoms with E-state index in [1.807, 2.05) is 48.5 Å². The zero-order valence-electron chi connectivity index (χ0n) is 18.2. The lowest BCUT2D eigenvalue weighted by Crippen LogP contribution is -2.55. The number of carbonyl (C=O) groups is 2. The van der Waals surface area contributed by atoms with Gasteiger partial charge in [-0.25, -0.2) is 4.98 Å². The number of fused-ring (bicyclic) bond motifs is 1. The van der Waals surface area contributed by atoms with Crippen molar-refractivity contribution in [3.8, 4) is 22.8 Å². The number of piperazine rings is 1. The number of hydrogen-bond acceptors (Lipinski definition) is 6. The molecule has 2 aromatic carbocycles. The molecule has 2 aliphatic heterocycles. The molecular formula is C25H25N3O5. The molecule has 2 aliphatic rings. The third-order valence-corrected chi connectivity index (χ3v) is 5.89. The number of para-hydroxylation sites is 2. The molecule has 0 saturated carbocycles. The molecule has 1 aromatic heterocycles. The molecule has 0 aliphatic carbocycles. The van der Waals surface area contributed by atoms with E-state index in [-0.39, 0.29) is 18.4 Å². The molecule has 33 heavy (non-hydrogen) atoms. The number of hydrogen-bond donors (Lipinski definition) is 0. The molecular weight excluding hydrogens is 422 g/mol. The van der Waals surface area contributed by atoms with E-state index >= 15 is 0 Å². The molecule has 0 spiro atoms. The van der Waals surface area contributed by atoms with Gasteiger partial charge in [-0.3, -0.25) is 9.59 Å². The Bertz CT molecular complexity index is 1120. The largest absolute Gasteiger partial charge is 0.485 e. The standard InChI is InChI=1S/C25H25N3O5/c29-24(11-10-23-26-16-21(33-23)18-6-2-1-3-7-18)27-12-14-28(15-13-27)25(30)22-17-31-19-8-4-5-9-20(19)32-22/h1-9,16,22H,10-15,17H2. The van der Waals surface area contributed by atoms with Crippen LogP contribution in [0.2, 0.25) is 0 Å². The fraction of sp³-hybridized carbons (Fsp3) is 0.320. The van der Waals surface area contributed by atoms with Crippen molar-refractivity contribution in [2.75, 3.05) is 32.8 Å². The number of aryl methyl sites for hydroxylation is 1. The summed E-state index contributed by atoms with van der Waals surface area (Å²) < 4.78 is 17.3.